The second kappa shape index (κ2) is 7.98. The second-order valence-electron chi connectivity index (χ2n) is 6.05. The number of anilines is 1. The van der Waals surface area contributed by atoms with Crippen LogP contribution in [-0.4, -0.2) is 29.1 Å². The van der Waals surface area contributed by atoms with E-state index in [0.29, 0.717) is 22.9 Å². The van der Waals surface area contributed by atoms with Gasteiger partial charge >= 0.3 is 5.97 Å². The minimum absolute atomic E-state index is 0.132. The van der Waals surface area contributed by atoms with Crippen molar-refractivity contribution in [1.82, 2.24) is 10.3 Å². The lowest BCUT2D eigenvalue weighted by molar-refractivity contribution is 0.0600. The van der Waals surface area contributed by atoms with Gasteiger partial charge in [0.05, 0.1) is 23.2 Å². The molecule has 146 valence electrons. The Morgan fingerprint density at radius 3 is 2.62 bits per heavy atom. The average molecular weight is 425 g/mol. The van der Waals surface area contributed by atoms with Crippen LogP contribution in [0.2, 0.25) is 0 Å². The topological polar surface area (TPSA) is 89.6 Å². The van der Waals surface area contributed by atoms with Gasteiger partial charge in [0.1, 0.15) is 12.4 Å². The Morgan fingerprint density at radius 2 is 1.86 bits per heavy atom. The molecule has 1 amide bonds. The van der Waals surface area contributed by atoms with Crippen molar-refractivity contribution in [2.24, 2.45) is 0 Å². The molecule has 0 aliphatic carbocycles. The Labute approximate surface area is 175 Å². The minimum Gasteiger partial charge on any atom is -0.487 e. The van der Waals surface area contributed by atoms with E-state index in [4.69, 9.17) is 17.0 Å². The molecule has 0 saturated heterocycles. The number of benzene rings is 2. The van der Waals surface area contributed by atoms with Crippen LogP contribution in [0.5, 0.6) is 5.75 Å². The highest BCUT2D eigenvalue weighted by Crippen LogP contribution is 2.40. The van der Waals surface area contributed by atoms with Gasteiger partial charge in [-0.1, -0.05) is 23.5 Å². The lowest BCUT2D eigenvalue weighted by Crippen LogP contribution is -2.34. The number of aromatic nitrogens is 1. The predicted molar refractivity (Wildman–Crippen MR) is 113 cm³/mol. The maximum atomic E-state index is 12.4. The molecule has 4 rings (SSSR count). The van der Waals surface area contributed by atoms with Crippen molar-refractivity contribution < 1.29 is 19.1 Å². The van der Waals surface area contributed by atoms with E-state index < -0.39 is 11.9 Å². The first-order valence-corrected chi connectivity index (χ1v) is 9.80. The van der Waals surface area contributed by atoms with E-state index in [9.17, 15) is 9.59 Å². The first-order valence-electron chi connectivity index (χ1n) is 8.58. The summed E-state index contributed by atoms with van der Waals surface area (Å²) in [5.74, 6) is -0.0653. The standard InChI is InChI=1S/C20H15N3O4S2/c1-26-18(25)12-8-6-11(7-9-12)17(24)22-19(28)23-20-21-16-13-4-2-3-5-14(13)27-10-15(16)29-20/h2-9H,10H2,1H3,(H2,21,22,23,24,28). The quantitative estimate of drug-likeness (QED) is 0.489. The van der Waals surface area contributed by atoms with Crippen LogP contribution in [0.3, 0.4) is 0 Å². The van der Waals surface area contributed by atoms with Crippen molar-refractivity contribution in [2.45, 2.75) is 6.61 Å². The summed E-state index contributed by atoms with van der Waals surface area (Å²) in [7, 11) is 1.30. The first-order chi connectivity index (χ1) is 14.0. The number of nitrogens with zero attached hydrogens (tertiary/aromatic N) is 1. The molecule has 0 atom stereocenters. The Hall–Kier alpha value is -3.30. The Morgan fingerprint density at radius 1 is 1.14 bits per heavy atom. The number of fused-ring (bicyclic) bond motifs is 3. The minimum atomic E-state index is -0.465. The zero-order valence-electron chi connectivity index (χ0n) is 15.2. The van der Waals surface area contributed by atoms with Gasteiger partial charge in [-0.05, 0) is 48.6 Å². The van der Waals surface area contributed by atoms with Crippen molar-refractivity contribution in [2.75, 3.05) is 12.4 Å². The van der Waals surface area contributed by atoms with E-state index in [1.165, 1.54) is 42.7 Å². The maximum absolute atomic E-state index is 12.4. The third kappa shape index (κ3) is 3.96. The summed E-state index contributed by atoms with van der Waals surface area (Å²) < 4.78 is 10.4. The number of nitrogens with one attached hydrogen (secondary N) is 2. The summed E-state index contributed by atoms with van der Waals surface area (Å²) >= 11 is 6.66. The van der Waals surface area contributed by atoms with E-state index in [2.05, 4.69) is 20.4 Å². The molecule has 0 bridgehead atoms. The molecule has 9 heteroatoms. The summed E-state index contributed by atoms with van der Waals surface area (Å²) in [5, 5.41) is 6.26. The highest BCUT2D eigenvalue weighted by atomic mass is 32.1. The smallest absolute Gasteiger partial charge is 0.337 e. The van der Waals surface area contributed by atoms with Gasteiger partial charge in [-0.3, -0.25) is 10.1 Å². The number of carbonyl (C=O) groups excluding carboxylic acids is 2. The third-order valence-electron chi connectivity index (χ3n) is 4.21. The highest BCUT2D eigenvalue weighted by Gasteiger charge is 2.22. The molecule has 2 N–H and O–H groups in total. The molecule has 1 aliphatic heterocycles. The van der Waals surface area contributed by atoms with Gasteiger partial charge in [0.15, 0.2) is 10.2 Å². The van der Waals surface area contributed by atoms with E-state index in [0.717, 1.165) is 21.9 Å². The number of thiocarbonyl (C=S) groups is 1. The zero-order chi connectivity index (χ0) is 20.4. The number of hydrogen-bond donors (Lipinski definition) is 2. The molecule has 0 radical (unpaired) electrons. The molecule has 0 fully saturated rings. The molecular weight excluding hydrogens is 410 g/mol. The normalized spacial score (nSPS) is 11.5. The summed E-state index contributed by atoms with van der Waals surface area (Å²) in [6.45, 7) is 0.442. The molecule has 0 unspecified atom stereocenters. The van der Waals surface area contributed by atoms with Gasteiger partial charge in [0.25, 0.3) is 5.91 Å². The molecule has 29 heavy (non-hydrogen) atoms. The highest BCUT2D eigenvalue weighted by molar-refractivity contribution is 7.80. The molecule has 2 heterocycles. The fourth-order valence-electron chi connectivity index (χ4n) is 2.82. The van der Waals surface area contributed by atoms with Crippen molar-refractivity contribution >= 4 is 45.7 Å². The Bertz CT molecular complexity index is 1110. The van der Waals surface area contributed by atoms with Crippen LogP contribution in [0.1, 0.15) is 25.6 Å². The van der Waals surface area contributed by atoms with Crippen LogP contribution in [0, 0.1) is 0 Å². The largest absolute Gasteiger partial charge is 0.487 e. The van der Waals surface area contributed by atoms with Crippen LogP contribution in [0.4, 0.5) is 5.13 Å². The zero-order valence-corrected chi connectivity index (χ0v) is 16.9. The fourth-order valence-corrected chi connectivity index (χ4v) is 3.97. The lowest BCUT2D eigenvalue weighted by atomic mass is 10.1. The lowest BCUT2D eigenvalue weighted by Gasteiger charge is -2.15. The van der Waals surface area contributed by atoms with Crippen molar-refractivity contribution in [3.8, 4) is 17.0 Å². The molecule has 1 aromatic heterocycles. The molecular formula is C20H15N3O4S2. The second-order valence-corrected chi connectivity index (χ2v) is 7.54. The maximum Gasteiger partial charge on any atom is 0.337 e. The number of esters is 1. The fraction of sp³-hybridized carbons (Fsp3) is 0.100. The summed E-state index contributed by atoms with van der Waals surface area (Å²) in [6.07, 6.45) is 0. The van der Waals surface area contributed by atoms with Crippen molar-refractivity contribution in [3.05, 3.63) is 64.5 Å². The summed E-state index contributed by atoms with van der Waals surface area (Å²) in [6, 6.07) is 13.8. The molecule has 3 aromatic rings. The van der Waals surface area contributed by atoms with Gasteiger partial charge in [0.2, 0.25) is 0 Å². The van der Waals surface area contributed by atoms with Crippen LogP contribution < -0.4 is 15.4 Å². The Kier molecular flexibility index (Phi) is 5.24. The van der Waals surface area contributed by atoms with Gasteiger partial charge in [-0.25, -0.2) is 9.78 Å². The van der Waals surface area contributed by atoms with E-state index in [1.807, 2.05) is 24.3 Å². The van der Waals surface area contributed by atoms with E-state index in [1.54, 1.807) is 0 Å². The van der Waals surface area contributed by atoms with Crippen molar-refractivity contribution in [3.63, 3.8) is 0 Å². The van der Waals surface area contributed by atoms with Gasteiger partial charge < -0.3 is 14.8 Å². The predicted octanol–water partition coefficient (Wildman–Crippen LogP) is 3.62. The number of para-hydroxylation sites is 1. The number of hydrogen-bond acceptors (Lipinski definition) is 7. The summed E-state index contributed by atoms with van der Waals surface area (Å²) in [4.78, 5) is 29.4. The number of thiazole rings is 1. The molecule has 1 aliphatic rings. The van der Waals surface area contributed by atoms with Crippen molar-refractivity contribution in [1.29, 1.82) is 0 Å². The van der Waals surface area contributed by atoms with Crippen LogP contribution in [-0.2, 0) is 11.3 Å². The first kappa shape index (κ1) is 19.0. The Balaban J connectivity index is 1.42. The van der Waals surface area contributed by atoms with E-state index in [-0.39, 0.29) is 5.11 Å². The molecule has 0 spiro atoms. The number of methoxy groups -OCH3 is 1. The number of ether oxygens (including phenoxy) is 2. The monoisotopic (exact) mass is 425 g/mol. The van der Waals surface area contributed by atoms with Crippen LogP contribution in [0.15, 0.2) is 48.5 Å². The number of rotatable bonds is 3. The molecule has 2 aromatic carbocycles. The SMILES string of the molecule is COC(=O)c1ccc(C(=O)NC(=S)Nc2nc3c(s2)COc2ccccc2-3)cc1. The van der Waals surface area contributed by atoms with Crippen LogP contribution in [0.25, 0.3) is 11.3 Å². The average Bonchev–Trinajstić information content (AvgIpc) is 3.16. The number of amides is 1. The molecule has 0 saturated carbocycles. The van der Waals surface area contributed by atoms with Gasteiger partial charge in [-0.15, -0.1) is 0 Å². The van der Waals surface area contributed by atoms with Crippen LogP contribution >= 0.6 is 23.6 Å². The summed E-state index contributed by atoms with van der Waals surface area (Å²) in [5.41, 5.74) is 2.51. The van der Waals surface area contributed by atoms with E-state index >= 15 is 0 Å². The number of carbonyl (C=O) groups is 2. The van der Waals surface area contributed by atoms with Gasteiger partial charge in [0, 0.05) is 11.1 Å². The third-order valence-corrected chi connectivity index (χ3v) is 5.36. The molecule has 7 nitrogen and oxygen atoms in total. The van der Waals surface area contributed by atoms with Gasteiger partial charge in [-0.2, -0.15) is 0 Å².